The fourth-order valence-electron chi connectivity index (χ4n) is 2.08. The van der Waals surface area contributed by atoms with E-state index in [1.165, 1.54) is 12.1 Å². The molecule has 1 saturated heterocycles. The number of hydrogen-bond acceptors (Lipinski definition) is 5. The Kier molecular flexibility index (Phi) is 4.09. The number of aromatic nitrogens is 2. The summed E-state index contributed by atoms with van der Waals surface area (Å²) in [6, 6.07) is 4.55. The first-order chi connectivity index (χ1) is 9.72. The Morgan fingerprint density at radius 3 is 3.10 bits per heavy atom. The van der Waals surface area contributed by atoms with Crippen LogP contribution in [0.25, 0.3) is 11.4 Å². The van der Waals surface area contributed by atoms with Crippen LogP contribution in [0, 0.1) is 5.82 Å². The summed E-state index contributed by atoms with van der Waals surface area (Å²) in [7, 11) is 0. The molecule has 7 heteroatoms. The normalized spacial score (nSPS) is 19.2. The molecule has 2 heterocycles. The van der Waals surface area contributed by atoms with E-state index in [0.717, 1.165) is 13.2 Å². The Morgan fingerprint density at radius 1 is 1.45 bits per heavy atom. The molecule has 0 saturated carbocycles. The molecule has 1 aliphatic heterocycles. The highest BCUT2D eigenvalue weighted by atomic mass is 79.9. The molecule has 3 rings (SSSR count). The molecular weight excluding hydrogens is 329 g/mol. The van der Waals surface area contributed by atoms with E-state index in [0.29, 0.717) is 34.8 Å². The van der Waals surface area contributed by atoms with Crippen LogP contribution in [-0.4, -0.2) is 35.9 Å². The lowest BCUT2D eigenvalue weighted by atomic mass is 10.2. The topological polar surface area (TPSA) is 60.2 Å². The minimum Gasteiger partial charge on any atom is -0.378 e. The van der Waals surface area contributed by atoms with Crippen molar-refractivity contribution in [3.8, 4) is 11.4 Å². The molecule has 0 spiro atoms. The largest absolute Gasteiger partial charge is 0.378 e. The monoisotopic (exact) mass is 341 g/mol. The van der Waals surface area contributed by atoms with Crippen molar-refractivity contribution in [2.45, 2.75) is 12.5 Å². The van der Waals surface area contributed by atoms with Gasteiger partial charge in [0.1, 0.15) is 5.82 Å². The van der Waals surface area contributed by atoms with Gasteiger partial charge in [0.05, 0.1) is 13.2 Å². The van der Waals surface area contributed by atoms with Crippen LogP contribution in [0.1, 0.15) is 5.89 Å². The second kappa shape index (κ2) is 5.99. The lowest BCUT2D eigenvalue weighted by Gasteiger charge is -2.22. The summed E-state index contributed by atoms with van der Waals surface area (Å²) in [6.45, 7) is 2.20. The standard InChI is InChI=1S/C13H13BrFN3O2/c14-11-5-8(15)1-2-10(11)13-17-12(20-18-13)6-9-7-19-4-3-16-9/h1-2,5,9,16H,3-4,6-7H2. The summed E-state index contributed by atoms with van der Waals surface area (Å²) in [5.41, 5.74) is 0.703. The highest BCUT2D eigenvalue weighted by Crippen LogP contribution is 2.26. The molecule has 2 aromatic rings. The van der Waals surface area contributed by atoms with Gasteiger partial charge in [-0.3, -0.25) is 0 Å². The van der Waals surface area contributed by atoms with Crippen LogP contribution in [0.5, 0.6) is 0 Å². The van der Waals surface area contributed by atoms with Gasteiger partial charge in [0.15, 0.2) is 0 Å². The molecule has 1 aromatic heterocycles. The van der Waals surface area contributed by atoms with Crippen LogP contribution < -0.4 is 5.32 Å². The highest BCUT2D eigenvalue weighted by molar-refractivity contribution is 9.10. The third-order valence-corrected chi connectivity index (χ3v) is 3.72. The van der Waals surface area contributed by atoms with E-state index in [9.17, 15) is 4.39 Å². The molecule has 0 amide bonds. The van der Waals surface area contributed by atoms with Crippen molar-refractivity contribution in [1.29, 1.82) is 0 Å². The van der Waals surface area contributed by atoms with E-state index >= 15 is 0 Å². The predicted octanol–water partition coefficient (Wildman–Crippen LogP) is 2.17. The van der Waals surface area contributed by atoms with E-state index < -0.39 is 0 Å². The van der Waals surface area contributed by atoms with Gasteiger partial charge in [-0.15, -0.1) is 0 Å². The second-order valence-corrected chi connectivity index (χ2v) is 5.42. The maximum atomic E-state index is 13.1. The number of nitrogens with one attached hydrogen (secondary N) is 1. The molecular formula is C13H13BrFN3O2. The molecule has 0 radical (unpaired) electrons. The molecule has 1 fully saturated rings. The zero-order valence-electron chi connectivity index (χ0n) is 10.6. The van der Waals surface area contributed by atoms with Crippen LogP contribution in [0.4, 0.5) is 4.39 Å². The van der Waals surface area contributed by atoms with E-state index in [4.69, 9.17) is 9.26 Å². The second-order valence-electron chi connectivity index (χ2n) is 4.57. The Balaban J connectivity index is 1.75. The molecule has 1 aliphatic rings. The molecule has 20 heavy (non-hydrogen) atoms. The lowest BCUT2D eigenvalue weighted by molar-refractivity contribution is 0.0744. The molecule has 106 valence electrons. The van der Waals surface area contributed by atoms with E-state index in [-0.39, 0.29) is 11.9 Å². The van der Waals surface area contributed by atoms with Crippen LogP contribution >= 0.6 is 15.9 Å². The number of benzene rings is 1. The van der Waals surface area contributed by atoms with E-state index in [1.807, 2.05) is 0 Å². The quantitative estimate of drug-likeness (QED) is 0.926. The fourth-order valence-corrected chi connectivity index (χ4v) is 2.61. The molecule has 5 nitrogen and oxygen atoms in total. The molecule has 1 N–H and O–H groups in total. The minimum absolute atomic E-state index is 0.189. The number of hydrogen-bond donors (Lipinski definition) is 1. The molecule has 1 unspecified atom stereocenters. The summed E-state index contributed by atoms with van der Waals surface area (Å²) < 4.78 is 24.3. The molecule has 0 aliphatic carbocycles. The SMILES string of the molecule is Fc1ccc(-c2noc(CC3COCCN3)n2)c(Br)c1. The minimum atomic E-state index is -0.312. The van der Waals surface area contributed by atoms with E-state index in [1.54, 1.807) is 6.07 Å². The number of halogens is 2. The highest BCUT2D eigenvalue weighted by Gasteiger charge is 2.18. The number of nitrogens with zero attached hydrogens (tertiary/aromatic N) is 2. The average molecular weight is 342 g/mol. The third-order valence-electron chi connectivity index (χ3n) is 3.06. The maximum Gasteiger partial charge on any atom is 0.228 e. The Hall–Kier alpha value is -1.31. The maximum absolute atomic E-state index is 13.1. The zero-order chi connectivity index (χ0) is 13.9. The predicted molar refractivity (Wildman–Crippen MR) is 73.7 cm³/mol. The van der Waals surface area contributed by atoms with E-state index in [2.05, 4.69) is 31.4 Å². The van der Waals surface area contributed by atoms with Gasteiger partial charge < -0.3 is 14.6 Å². The van der Waals surface area contributed by atoms with Crippen molar-refractivity contribution < 1.29 is 13.7 Å². The van der Waals surface area contributed by atoms with Crippen molar-refractivity contribution in [2.24, 2.45) is 0 Å². The van der Waals surface area contributed by atoms with Crippen LogP contribution in [0.15, 0.2) is 27.2 Å². The first kappa shape index (κ1) is 13.7. The molecule has 1 atom stereocenters. The Morgan fingerprint density at radius 2 is 2.35 bits per heavy atom. The number of morpholine rings is 1. The molecule has 0 bridgehead atoms. The summed E-state index contributed by atoms with van der Waals surface area (Å²) >= 11 is 3.30. The number of ether oxygens (including phenoxy) is 1. The molecule has 1 aromatic carbocycles. The van der Waals surface area contributed by atoms with Gasteiger partial charge in [-0.1, -0.05) is 5.16 Å². The first-order valence-corrected chi connectivity index (χ1v) is 7.11. The fraction of sp³-hybridized carbons (Fsp3) is 0.385. The number of rotatable bonds is 3. The van der Waals surface area contributed by atoms with Crippen molar-refractivity contribution >= 4 is 15.9 Å². The Bertz CT molecular complexity index is 599. The van der Waals surface area contributed by atoms with Gasteiger partial charge >= 0.3 is 0 Å². The van der Waals surface area contributed by atoms with Crippen molar-refractivity contribution in [3.63, 3.8) is 0 Å². The zero-order valence-corrected chi connectivity index (χ0v) is 12.2. The third kappa shape index (κ3) is 3.05. The Labute approximate surface area is 123 Å². The van der Waals surface area contributed by atoms with Crippen molar-refractivity contribution in [2.75, 3.05) is 19.8 Å². The average Bonchev–Trinajstić information content (AvgIpc) is 2.88. The summed E-state index contributed by atoms with van der Waals surface area (Å²) in [4.78, 5) is 4.34. The van der Waals surface area contributed by atoms with Gasteiger partial charge in [0.25, 0.3) is 0 Å². The smallest absolute Gasteiger partial charge is 0.228 e. The van der Waals surface area contributed by atoms with Gasteiger partial charge in [0.2, 0.25) is 11.7 Å². The summed E-state index contributed by atoms with van der Waals surface area (Å²) in [5, 5.41) is 7.26. The lowest BCUT2D eigenvalue weighted by Crippen LogP contribution is -2.42. The van der Waals surface area contributed by atoms with Gasteiger partial charge in [-0.2, -0.15) is 4.98 Å². The van der Waals surface area contributed by atoms with Gasteiger partial charge in [0, 0.05) is 29.0 Å². The van der Waals surface area contributed by atoms with Gasteiger partial charge in [-0.05, 0) is 34.1 Å². The van der Waals surface area contributed by atoms with Crippen LogP contribution in [-0.2, 0) is 11.2 Å². The summed E-state index contributed by atoms with van der Waals surface area (Å²) in [6.07, 6.45) is 0.617. The van der Waals surface area contributed by atoms with Gasteiger partial charge in [-0.25, -0.2) is 4.39 Å². The first-order valence-electron chi connectivity index (χ1n) is 6.31. The van der Waals surface area contributed by atoms with Crippen molar-refractivity contribution in [3.05, 3.63) is 34.4 Å². The van der Waals surface area contributed by atoms with Crippen LogP contribution in [0.3, 0.4) is 0 Å². The van der Waals surface area contributed by atoms with Crippen molar-refractivity contribution in [1.82, 2.24) is 15.5 Å². The van der Waals surface area contributed by atoms with Crippen LogP contribution in [0.2, 0.25) is 0 Å². The summed E-state index contributed by atoms with van der Waals surface area (Å²) in [5.74, 6) is 0.677.